The molecule has 3 aromatic rings. The number of hydrogen-bond donors (Lipinski definition) is 1. The van der Waals surface area contributed by atoms with Gasteiger partial charge < -0.3 is 9.84 Å². The summed E-state index contributed by atoms with van der Waals surface area (Å²) in [7, 11) is 0. The Bertz CT molecular complexity index is 957. The van der Waals surface area contributed by atoms with E-state index < -0.39 is 5.91 Å². The molecule has 130 valence electrons. The van der Waals surface area contributed by atoms with Gasteiger partial charge >= 0.3 is 0 Å². The van der Waals surface area contributed by atoms with Gasteiger partial charge in [0.2, 0.25) is 0 Å². The molecule has 1 aromatic carbocycles. The van der Waals surface area contributed by atoms with E-state index in [0.717, 1.165) is 5.56 Å². The molecule has 0 bridgehead atoms. The molecule has 0 aliphatic carbocycles. The van der Waals surface area contributed by atoms with Crippen molar-refractivity contribution in [3.8, 4) is 22.6 Å². The van der Waals surface area contributed by atoms with E-state index in [1.807, 2.05) is 31.2 Å². The maximum Gasteiger partial charge on any atom is 0.298 e. The van der Waals surface area contributed by atoms with Crippen LogP contribution in [0.4, 0.5) is 0 Å². The summed E-state index contributed by atoms with van der Waals surface area (Å²) in [5.74, 6) is -0.0158. The molecule has 0 saturated heterocycles. The molecule has 26 heavy (non-hydrogen) atoms. The van der Waals surface area contributed by atoms with E-state index in [0.29, 0.717) is 17.9 Å². The Balaban J connectivity index is 1.98. The SMILES string of the molecule is CCOc1ccccc1-c1ccnnc1C(=O)/N=C\c1ncccc1O. The molecule has 0 aliphatic heterocycles. The Labute approximate surface area is 150 Å². The van der Waals surface area contributed by atoms with Crippen molar-refractivity contribution in [3.63, 3.8) is 0 Å². The second-order valence-corrected chi connectivity index (χ2v) is 5.19. The third-order valence-corrected chi connectivity index (χ3v) is 3.52. The lowest BCUT2D eigenvalue weighted by molar-refractivity contribution is 0.0998. The van der Waals surface area contributed by atoms with Gasteiger partial charge in [-0.3, -0.25) is 9.78 Å². The van der Waals surface area contributed by atoms with E-state index in [2.05, 4.69) is 20.2 Å². The molecule has 0 fully saturated rings. The number of benzene rings is 1. The van der Waals surface area contributed by atoms with Crippen molar-refractivity contribution < 1.29 is 14.6 Å². The minimum atomic E-state index is -0.593. The van der Waals surface area contributed by atoms with E-state index in [-0.39, 0.29) is 17.1 Å². The van der Waals surface area contributed by atoms with Crippen LogP contribution < -0.4 is 4.74 Å². The topological polar surface area (TPSA) is 97.6 Å². The summed E-state index contributed by atoms with van der Waals surface area (Å²) in [6.07, 6.45) is 4.20. The van der Waals surface area contributed by atoms with E-state index in [9.17, 15) is 9.90 Å². The molecule has 0 spiro atoms. The number of pyridine rings is 1. The van der Waals surface area contributed by atoms with Gasteiger partial charge in [-0.1, -0.05) is 18.2 Å². The zero-order valence-corrected chi connectivity index (χ0v) is 14.0. The largest absolute Gasteiger partial charge is 0.506 e. The lowest BCUT2D eigenvalue weighted by Gasteiger charge is -2.11. The first-order valence-electron chi connectivity index (χ1n) is 7.97. The smallest absolute Gasteiger partial charge is 0.298 e. The minimum Gasteiger partial charge on any atom is -0.506 e. The second-order valence-electron chi connectivity index (χ2n) is 5.19. The van der Waals surface area contributed by atoms with E-state index in [1.165, 1.54) is 24.7 Å². The summed E-state index contributed by atoms with van der Waals surface area (Å²) in [6.45, 7) is 2.38. The zero-order chi connectivity index (χ0) is 18.4. The van der Waals surface area contributed by atoms with Gasteiger partial charge in [-0.25, -0.2) is 4.99 Å². The Hall–Kier alpha value is -3.61. The van der Waals surface area contributed by atoms with Crippen LogP contribution in [0.3, 0.4) is 0 Å². The van der Waals surface area contributed by atoms with Gasteiger partial charge in [-0.05, 0) is 31.2 Å². The third kappa shape index (κ3) is 3.72. The molecular weight excluding hydrogens is 332 g/mol. The average Bonchev–Trinajstić information content (AvgIpc) is 2.68. The average molecular weight is 348 g/mol. The highest BCUT2D eigenvalue weighted by molar-refractivity contribution is 6.04. The fourth-order valence-electron chi connectivity index (χ4n) is 2.37. The molecule has 0 saturated carbocycles. The van der Waals surface area contributed by atoms with Gasteiger partial charge in [-0.15, -0.1) is 5.10 Å². The Morgan fingerprint density at radius 1 is 1.15 bits per heavy atom. The first-order chi connectivity index (χ1) is 12.7. The molecule has 2 aromatic heterocycles. The molecule has 2 heterocycles. The summed E-state index contributed by atoms with van der Waals surface area (Å²) in [4.78, 5) is 20.4. The Morgan fingerprint density at radius 2 is 2.00 bits per heavy atom. The second kappa shape index (κ2) is 7.98. The van der Waals surface area contributed by atoms with Crippen LogP contribution in [0.25, 0.3) is 11.1 Å². The summed E-state index contributed by atoms with van der Waals surface area (Å²) in [5.41, 5.74) is 1.58. The van der Waals surface area contributed by atoms with Crippen molar-refractivity contribution in [2.24, 2.45) is 4.99 Å². The van der Waals surface area contributed by atoms with Gasteiger partial charge in [0.05, 0.1) is 19.0 Å². The summed E-state index contributed by atoms with van der Waals surface area (Å²) in [6, 6.07) is 12.1. The molecule has 7 heteroatoms. The maximum atomic E-state index is 12.5. The van der Waals surface area contributed by atoms with Gasteiger partial charge in [0, 0.05) is 17.3 Å². The summed E-state index contributed by atoms with van der Waals surface area (Å²) < 4.78 is 5.63. The molecule has 1 amide bonds. The molecule has 1 N–H and O–H groups in total. The van der Waals surface area contributed by atoms with E-state index in [4.69, 9.17) is 4.74 Å². The van der Waals surface area contributed by atoms with Gasteiger partial charge in [0.25, 0.3) is 5.91 Å². The zero-order valence-electron chi connectivity index (χ0n) is 14.0. The molecule has 0 aliphatic rings. The normalized spacial score (nSPS) is 10.8. The quantitative estimate of drug-likeness (QED) is 0.712. The van der Waals surface area contributed by atoms with Crippen LogP contribution in [-0.4, -0.2) is 39.0 Å². The number of hydrogen-bond acceptors (Lipinski definition) is 6. The number of rotatable bonds is 5. The molecule has 0 atom stereocenters. The summed E-state index contributed by atoms with van der Waals surface area (Å²) in [5, 5.41) is 17.4. The number of aromatic hydroxyl groups is 1. The van der Waals surface area contributed by atoms with E-state index in [1.54, 1.807) is 12.1 Å². The number of amides is 1. The highest BCUT2D eigenvalue weighted by atomic mass is 16.5. The lowest BCUT2D eigenvalue weighted by Crippen LogP contribution is -2.05. The molecule has 7 nitrogen and oxygen atoms in total. The van der Waals surface area contributed by atoms with Crippen LogP contribution in [-0.2, 0) is 0 Å². The van der Waals surface area contributed by atoms with Crippen LogP contribution in [0.2, 0.25) is 0 Å². The Kier molecular flexibility index (Phi) is 5.28. The highest BCUT2D eigenvalue weighted by Gasteiger charge is 2.17. The fourth-order valence-corrected chi connectivity index (χ4v) is 2.37. The number of nitrogens with zero attached hydrogens (tertiary/aromatic N) is 4. The highest BCUT2D eigenvalue weighted by Crippen LogP contribution is 2.31. The van der Waals surface area contributed by atoms with Crippen LogP contribution in [0, 0.1) is 0 Å². The van der Waals surface area contributed by atoms with Gasteiger partial charge in [0.15, 0.2) is 5.69 Å². The van der Waals surface area contributed by atoms with Crippen molar-refractivity contribution in [2.75, 3.05) is 6.61 Å². The van der Waals surface area contributed by atoms with Crippen molar-refractivity contribution in [2.45, 2.75) is 6.92 Å². The van der Waals surface area contributed by atoms with Crippen LogP contribution in [0.5, 0.6) is 11.5 Å². The fraction of sp³-hybridized carbons (Fsp3) is 0.105. The maximum absolute atomic E-state index is 12.5. The number of para-hydroxylation sites is 1. The van der Waals surface area contributed by atoms with Crippen molar-refractivity contribution in [3.05, 3.63) is 66.2 Å². The lowest BCUT2D eigenvalue weighted by atomic mass is 10.0. The monoisotopic (exact) mass is 348 g/mol. The number of aliphatic imine (C=N–C) groups is 1. The van der Waals surface area contributed by atoms with Crippen LogP contribution in [0.1, 0.15) is 23.1 Å². The van der Waals surface area contributed by atoms with Crippen molar-refractivity contribution in [1.82, 2.24) is 15.2 Å². The molecule has 0 radical (unpaired) electrons. The third-order valence-electron chi connectivity index (χ3n) is 3.52. The number of carbonyl (C=O) groups excluding carboxylic acids is 1. The molecule has 0 unspecified atom stereocenters. The van der Waals surface area contributed by atoms with Crippen molar-refractivity contribution >= 4 is 12.1 Å². The first kappa shape index (κ1) is 17.2. The van der Waals surface area contributed by atoms with Crippen molar-refractivity contribution in [1.29, 1.82) is 0 Å². The minimum absolute atomic E-state index is 0.0647. The van der Waals surface area contributed by atoms with Crippen LogP contribution >= 0.6 is 0 Å². The predicted octanol–water partition coefficient (Wildman–Crippen LogP) is 2.90. The van der Waals surface area contributed by atoms with E-state index >= 15 is 0 Å². The van der Waals surface area contributed by atoms with Gasteiger partial charge in [0.1, 0.15) is 17.2 Å². The predicted molar refractivity (Wildman–Crippen MR) is 96.5 cm³/mol. The number of ether oxygens (including phenoxy) is 1. The van der Waals surface area contributed by atoms with Crippen LogP contribution in [0.15, 0.2) is 59.9 Å². The number of aromatic nitrogens is 3. The number of carbonyl (C=O) groups is 1. The Morgan fingerprint density at radius 3 is 2.81 bits per heavy atom. The van der Waals surface area contributed by atoms with Gasteiger partial charge in [-0.2, -0.15) is 5.10 Å². The molecule has 3 rings (SSSR count). The first-order valence-corrected chi connectivity index (χ1v) is 7.97. The molecular formula is C19H16N4O3. The summed E-state index contributed by atoms with van der Waals surface area (Å²) >= 11 is 0. The standard InChI is InChI=1S/C19H16N4O3/c1-2-26-17-8-4-3-6-13(17)14-9-11-22-23-18(14)19(25)21-12-15-16(24)7-5-10-20-15/h3-12,24H,2H2,1H3/b21-12-.